The van der Waals surface area contributed by atoms with Crippen molar-refractivity contribution in [2.45, 2.75) is 32.2 Å². The highest BCUT2D eigenvalue weighted by atomic mass is 79.9. The Hall–Kier alpha value is -1.43. The lowest BCUT2D eigenvalue weighted by Crippen LogP contribution is -2.43. The molecule has 1 aromatic rings. The first-order valence-corrected chi connectivity index (χ1v) is 6.26. The number of carboxylic acids is 1. The highest BCUT2D eigenvalue weighted by molar-refractivity contribution is 9.10. The summed E-state index contributed by atoms with van der Waals surface area (Å²) in [5.41, 5.74) is -0.147. The summed E-state index contributed by atoms with van der Waals surface area (Å²) in [4.78, 5) is 26.5. The van der Waals surface area contributed by atoms with Crippen molar-refractivity contribution in [3.05, 3.63) is 28.5 Å². The van der Waals surface area contributed by atoms with Gasteiger partial charge in [-0.3, -0.25) is 9.59 Å². The first kappa shape index (κ1) is 14.6. The second-order valence-electron chi connectivity index (χ2n) is 4.57. The van der Waals surface area contributed by atoms with Crippen molar-refractivity contribution in [3.63, 3.8) is 0 Å². The predicted octanol–water partition coefficient (Wildman–Crippen LogP) is 2.22. The Bertz CT molecular complexity index is 460. The number of aromatic nitrogens is 1. The van der Waals surface area contributed by atoms with Crippen molar-refractivity contribution in [1.29, 1.82) is 0 Å². The van der Waals surface area contributed by atoms with Crippen molar-refractivity contribution in [1.82, 2.24) is 10.3 Å². The molecule has 0 radical (unpaired) electrons. The Kier molecular flexibility index (Phi) is 4.84. The van der Waals surface area contributed by atoms with Crippen molar-refractivity contribution in [2.75, 3.05) is 0 Å². The average molecular weight is 315 g/mol. The third-order valence-corrected chi connectivity index (χ3v) is 3.05. The van der Waals surface area contributed by atoms with Crippen LogP contribution in [-0.4, -0.2) is 27.5 Å². The fraction of sp³-hybridized carbons (Fsp3) is 0.417. The number of aliphatic carboxylic acids is 1. The summed E-state index contributed by atoms with van der Waals surface area (Å²) in [5.74, 6) is -1.15. The fourth-order valence-corrected chi connectivity index (χ4v) is 1.84. The topological polar surface area (TPSA) is 79.3 Å². The molecule has 2 N–H and O–H groups in total. The minimum atomic E-state index is -0.875. The fourth-order valence-electron chi connectivity index (χ4n) is 1.41. The molecule has 5 nitrogen and oxygen atoms in total. The van der Waals surface area contributed by atoms with E-state index in [-0.39, 0.29) is 12.3 Å². The van der Waals surface area contributed by atoms with Gasteiger partial charge in [-0.05, 0) is 48.3 Å². The molecule has 6 heteroatoms. The molecule has 1 aromatic heterocycles. The Morgan fingerprint density at radius 2 is 2.17 bits per heavy atom. The highest BCUT2D eigenvalue weighted by Crippen LogP contribution is 2.16. The molecule has 1 amide bonds. The molecule has 0 saturated heterocycles. The quantitative estimate of drug-likeness (QED) is 0.817. The standard InChI is InChI=1S/C12H15BrN2O3/c1-12(2,6-5-9(16)17)15-11(18)8-4-3-7-14-10(8)13/h3-4,7H,5-6H2,1-2H3,(H,15,18)(H,16,17). The van der Waals surface area contributed by atoms with Crippen molar-refractivity contribution < 1.29 is 14.7 Å². The minimum Gasteiger partial charge on any atom is -0.481 e. The van der Waals surface area contributed by atoms with Gasteiger partial charge in [-0.15, -0.1) is 0 Å². The zero-order valence-electron chi connectivity index (χ0n) is 10.2. The second kappa shape index (κ2) is 5.95. The minimum absolute atomic E-state index is 0.0154. The van der Waals surface area contributed by atoms with Gasteiger partial charge in [0.1, 0.15) is 4.60 Å². The van der Waals surface area contributed by atoms with E-state index in [1.165, 1.54) is 0 Å². The van der Waals surface area contributed by atoms with Gasteiger partial charge in [0.05, 0.1) is 5.56 Å². The van der Waals surface area contributed by atoms with Gasteiger partial charge >= 0.3 is 5.97 Å². The number of carbonyl (C=O) groups excluding carboxylic acids is 1. The van der Waals surface area contributed by atoms with Crippen LogP contribution in [-0.2, 0) is 4.79 Å². The SMILES string of the molecule is CC(C)(CCC(=O)O)NC(=O)c1cccnc1Br. The Morgan fingerprint density at radius 1 is 1.50 bits per heavy atom. The van der Waals surface area contributed by atoms with E-state index in [9.17, 15) is 9.59 Å². The Labute approximate surface area is 114 Å². The Morgan fingerprint density at radius 3 is 2.72 bits per heavy atom. The molecule has 0 bridgehead atoms. The number of hydrogen-bond donors (Lipinski definition) is 2. The zero-order chi connectivity index (χ0) is 13.8. The van der Waals surface area contributed by atoms with Crippen LogP contribution >= 0.6 is 15.9 Å². The molecule has 1 heterocycles. The van der Waals surface area contributed by atoms with Gasteiger partial charge in [-0.2, -0.15) is 0 Å². The predicted molar refractivity (Wildman–Crippen MR) is 70.4 cm³/mol. The third-order valence-electron chi connectivity index (χ3n) is 2.42. The van der Waals surface area contributed by atoms with Crippen molar-refractivity contribution in [3.8, 4) is 0 Å². The molecular formula is C12H15BrN2O3. The van der Waals surface area contributed by atoms with Crippen LogP contribution in [0.15, 0.2) is 22.9 Å². The molecule has 1 rings (SSSR count). The number of hydrogen-bond acceptors (Lipinski definition) is 3. The van der Waals surface area contributed by atoms with E-state index in [2.05, 4.69) is 26.2 Å². The van der Waals surface area contributed by atoms with E-state index in [0.29, 0.717) is 16.6 Å². The van der Waals surface area contributed by atoms with Crippen LogP contribution in [0.3, 0.4) is 0 Å². The van der Waals surface area contributed by atoms with E-state index in [1.54, 1.807) is 32.2 Å². The maximum absolute atomic E-state index is 12.0. The zero-order valence-corrected chi connectivity index (χ0v) is 11.8. The molecule has 0 aromatic carbocycles. The number of nitrogens with one attached hydrogen (secondary N) is 1. The number of carboxylic acid groups (broad SMARTS) is 1. The number of carbonyl (C=O) groups is 2. The summed E-state index contributed by atoms with van der Waals surface area (Å²) in [6.07, 6.45) is 1.96. The van der Waals surface area contributed by atoms with Crippen molar-refractivity contribution >= 4 is 27.8 Å². The normalized spacial score (nSPS) is 11.1. The maximum atomic E-state index is 12.0. The number of rotatable bonds is 5. The second-order valence-corrected chi connectivity index (χ2v) is 5.32. The van der Waals surface area contributed by atoms with E-state index in [1.807, 2.05) is 0 Å². The van der Waals surface area contributed by atoms with Crippen LogP contribution in [0.4, 0.5) is 0 Å². The van der Waals surface area contributed by atoms with E-state index in [0.717, 1.165) is 0 Å². The van der Waals surface area contributed by atoms with Crippen molar-refractivity contribution in [2.24, 2.45) is 0 Å². The van der Waals surface area contributed by atoms with E-state index < -0.39 is 11.5 Å². The molecule has 0 saturated carbocycles. The van der Waals surface area contributed by atoms with Gasteiger partial charge in [0.25, 0.3) is 5.91 Å². The average Bonchev–Trinajstić information content (AvgIpc) is 2.26. The van der Waals surface area contributed by atoms with Crippen LogP contribution in [0, 0.1) is 0 Å². The van der Waals surface area contributed by atoms with Crippen LogP contribution < -0.4 is 5.32 Å². The molecule has 0 spiro atoms. The van der Waals surface area contributed by atoms with Crippen LogP contribution in [0.1, 0.15) is 37.0 Å². The monoisotopic (exact) mass is 314 g/mol. The van der Waals surface area contributed by atoms with Gasteiger partial charge in [0.2, 0.25) is 0 Å². The number of pyridine rings is 1. The molecule has 0 fully saturated rings. The molecule has 0 aliphatic carbocycles. The summed E-state index contributed by atoms with van der Waals surface area (Å²) >= 11 is 3.20. The lowest BCUT2D eigenvalue weighted by atomic mass is 9.98. The van der Waals surface area contributed by atoms with Gasteiger partial charge in [-0.1, -0.05) is 0 Å². The first-order valence-electron chi connectivity index (χ1n) is 5.47. The number of halogens is 1. The summed E-state index contributed by atoms with van der Waals surface area (Å²) in [6, 6.07) is 3.32. The summed E-state index contributed by atoms with van der Waals surface area (Å²) < 4.78 is 0.469. The summed E-state index contributed by atoms with van der Waals surface area (Å²) in [6.45, 7) is 3.58. The molecule has 0 aliphatic rings. The van der Waals surface area contributed by atoms with Crippen LogP contribution in [0.2, 0.25) is 0 Å². The smallest absolute Gasteiger partial charge is 0.303 e. The summed E-state index contributed by atoms with van der Waals surface area (Å²) in [7, 11) is 0. The molecule has 0 unspecified atom stereocenters. The largest absolute Gasteiger partial charge is 0.481 e. The third kappa shape index (κ3) is 4.44. The first-order chi connectivity index (χ1) is 8.32. The van der Waals surface area contributed by atoms with Crippen LogP contribution in [0.25, 0.3) is 0 Å². The highest BCUT2D eigenvalue weighted by Gasteiger charge is 2.23. The van der Waals surface area contributed by atoms with Gasteiger partial charge in [0, 0.05) is 18.2 Å². The molecule has 0 atom stereocenters. The Balaban J connectivity index is 2.69. The van der Waals surface area contributed by atoms with E-state index in [4.69, 9.17) is 5.11 Å². The van der Waals surface area contributed by atoms with E-state index >= 15 is 0 Å². The van der Waals surface area contributed by atoms with Crippen LogP contribution in [0.5, 0.6) is 0 Å². The maximum Gasteiger partial charge on any atom is 0.303 e. The number of nitrogens with zero attached hydrogens (tertiary/aromatic N) is 1. The lowest BCUT2D eigenvalue weighted by molar-refractivity contribution is -0.137. The molecular weight excluding hydrogens is 300 g/mol. The molecule has 0 aliphatic heterocycles. The summed E-state index contributed by atoms with van der Waals surface area (Å²) in [5, 5.41) is 11.4. The van der Waals surface area contributed by atoms with Gasteiger partial charge in [-0.25, -0.2) is 4.98 Å². The van der Waals surface area contributed by atoms with Gasteiger partial charge < -0.3 is 10.4 Å². The van der Waals surface area contributed by atoms with Gasteiger partial charge in [0.15, 0.2) is 0 Å². The molecule has 98 valence electrons. The number of amides is 1. The lowest BCUT2D eigenvalue weighted by Gasteiger charge is -2.25. The molecule has 18 heavy (non-hydrogen) atoms.